The van der Waals surface area contributed by atoms with E-state index in [9.17, 15) is 17.6 Å². The van der Waals surface area contributed by atoms with Crippen molar-refractivity contribution < 1.29 is 22.3 Å². The van der Waals surface area contributed by atoms with Crippen LogP contribution in [-0.2, 0) is 14.8 Å². The van der Waals surface area contributed by atoms with Crippen LogP contribution in [0.4, 0.5) is 15.8 Å². The van der Waals surface area contributed by atoms with Crippen molar-refractivity contribution in [2.75, 3.05) is 23.3 Å². The molecule has 1 N–H and O–H groups in total. The third kappa shape index (κ3) is 4.65. The lowest BCUT2D eigenvalue weighted by atomic mass is 10.1. The van der Waals surface area contributed by atoms with Gasteiger partial charge in [-0.3, -0.25) is 9.10 Å². The van der Waals surface area contributed by atoms with Gasteiger partial charge in [-0.25, -0.2) is 12.8 Å². The largest absolute Gasteiger partial charge is 0.497 e. The molecule has 0 aliphatic rings. The third-order valence-electron chi connectivity index (χ3n) is 5.12. The zero-order valence-electron chi connectivity index (χ0n) is 17.7. The van der Waals surface area contributed by atoms with Gasteiger partial charge in [0.05, 0.1) is 17.7 Å². The van der Waals surface area contributed by atoms with Crippen LogP contribution in [-0.4, -0.2) is 28.0 Å². The molecule has 0 fully saturated rings. The molecule has 4 aromatic carbocycles. The van der Waals surface area contributed by atoms with Crippen molar-refractivity contribution in [2.24, 2.45) is 0 Å². The molecule has 0 aromatic heterocycles. The monoisotopic (exact) mass is 464 g/mol. The van der Waals surface area contributed by atoms with E-state index >= 15 is 0 Å². The summed E-state index contributed by atoms with van der Waals surface area (Å²) in [5, 5.41) is 4.49. The van der Waals surface area contributed by atoms with Gasteiger partial charge in [0.25, 0.3) is 10.0 Å². The van der Waals surface area contributed by atoms with E-state index < -0.39 is 28.3 Å². The summed E-state index contributed by atoms with van der Waals surface area (Å²) < 4.78 is 47.3. The standard InChI is InChI=1S/C25H21FN2O4S/c1-32-19-13-15-20(16-14-19)33(30,31)28(24-12-5-4-10-22(24)26)17-25(29)27-23-11-6-8-18-7-2-3-9-21(18)23/h2-16H,17H2,1H3,(H,27,29). The van der Waals surface area contributed by atoms with Gasteiger partial charge in [-0.1, -0.05) is 48.5 Å². The Kier molecular flexibility index (Phi) is 6.28. The Labute approximate surface area is 191 Å². The molecular weight excluding hydrogens is 443 g/mol. The van der Waals surface area contributed by atoms with Crippen LogP contribution in [0, 0.1) is 5.82 Å². The summed E-state index contributed by atoms with van der Waals surface area (Å²) in [4.78, 5) is 12.9. The van der Waals surface area contributed by atoms with Gasteiger partial charge >= 0.3 is 0 Å². The number of hydrogen-bond donors (Lipinski definition) is 1. The average molecular weight is 465 g/mol. The molecule has 8 heteroatoms. The lowest BCUT2D eigenvalue weighted by molar-refractivity contribution is -0.114. The molecule has 0 heterocycles. The lowest BCUT2D eigenvalue weighted by Crippen LogP contribution is -2.38. The fourth-order valence-electron chi connectivity index (χ4n) is 3.48. The normalized spacial score (nSPS) is 11.2. The molecule has 0 saturated carbocycles. The summed E-state index contributed by atoms with van der Waals surface area (Å²) in [7, 11) is -2.79. The fraction of sp³-hybridized carbons (Fsp3) is 0.0800. The van der Waals surface area contributed by atoms with Crippen LogP contribution in [0.2, 0.25) is 0 Å². The zero-order chi connectivity index (χ0) is 23.4. The number of ether oxygens (including phenoxy) is 1. The molecule has 0 bridgehead atoms. The van der Waals surface area contributed by atoms with Crippen molar-refractivity contribution in [2.45, 2.75) is 4.90 Å². The van der Waals surface area contributed by atoms with E-state index in [1.807, 2.05) is 30.3 Å². The first-order valence-corrected chi connectivity index (χ1v) is 11.5. The average Bonchev–Trinajstić information content (AvgIpc) is 2.83. The Hall–Kier alpha value is -3.91. The number of anilines is 2. The molecule has 0 unspecified atom stereocenters. The molecule has 4 aromatic rings. The van der Waals surface area contributed by atoms with Gasteiger partial charge in [-0.15, -0.1) is 0 Å². The minimum Gasteiger partial charge on any atom is -0.497 e. The summed E-state index contributed by atoms with van der Waals surface area (Å²) in [5.74, 6) is -0.890. The number of methoxy groups -OCH3 is 1. The topological polar surface area (TPSA) is 75.7 Å². The van der Waals surface area contributed by atoms with Crippen LogP contribution in [0.5, 0.6) is 5.75 Å². The Balaban J connectivity index is 1.69. The first-order chi connectivity index (χ1) is 15.9. The number of fused-ring (bicyclic) bond motifs is 1. The number of carbonyl (C=O) groups is 1. The SMILES string of the molecule is COc1ccc(S(=O)(=O)N(CC(=O)Nc2cccc3ccccc23)c2ccccc2F)cc1. The van der Waals surface area contributed by atoms with E-state index in [2.05, 4.69) is 5.32 Å². The summed E-state index contributed by atoms with van der Waals surface area (Å²) in [5.41, 5.74) is 0.315. The lowest BCUT2D eigenvalue weighted by Gasteiger charge is -2.24. The number of para-hydroxylation sites is 1. The van der Waals surface area contributed by atoms with Crippen molar-refractivity contribution >= 4 is 38.1 Å². The van der Waals surface area contributed by atoms with Gasteiger partial charge in [0, 0.05) is 11.1 Å². The first kappa shape index (κ1) is 22.3. The van der Waals surface area contributed by atoms with Crippen LogP contribution in [0.1, 0.15) is 0 Å². The number of hydrogen-bond acceptors (Lipinski definition) is 4. The molecular formula is C25H21FN2O4S. The molecule has 0 atom stereocenters. The number of halogens is 1. The number of benzene rings is 4. The maximum Gasteiger partial charge on any atom is 0.264 e. The van der Waals surface area contributed by atoms with E-state index in [0.717, 1.165) is 21.1 Å². The van der Waals surface area contributed by atoms with Crippen LogP contribution >= 0.6 is 0 Å². The zero-order valence-corrected chi connectivity index (χ0v) is 18.6. The predicted molar refractivity (Wildman–Crippen MR) is 127 cm³/mol. The smallest absolute Gasteiger partial charge is 0.264 e. The molecule has 0 saturated heterocycles. The van der Waals surface area contributed by atoms with Crippen LogP contribution in [0.3, 0.4) is 0 Å². The summed E-state index contributed by atoms with van der Waals surface area (Å²) in [6.45, 7) is -0.613. The van der Waals surface area contributed by atoms with Crippen molar-refractivity contribution in [3.05, 3.63) is 96.8 Å². The fourth-order valence-corrected chi connectivity index (χ4v) is 4.91. The van der Waals surface area contributed by atoms with E-state index in [0.29, 0.717) is 11.4 Å². The van der Waals surface area contributed by atoms with Gasteiger partial charge in [0.15, 0.2) is 0 Å². The van der Waals surface area contributed by atoms with E-state index in [-0.39, 0.29) is 10.6 Å². The van der Waals surface area contributed by atoms with Crippen LogP contribution < -0.4 is 14.4 Å². The second-order valence-corrected chi connectivity index (χ2v) is 9.08. The Morgan fingerprint density at radius 1 is 0.909 bits per heavy atom. The number of carbonyl (C=O) groups excluding carboxylic acids is 1. The highest BCUT2D eigenvalue weighted by Crippen LogP contribution is 2.28. The molecule has 0 spiro atoms. The molecule has 168 valence electrons. The maximum absolute atomic E-state index is 14.6. The summed E-state index contributed by atoms with van der Waals surface area (Å²) in [6, 6.07) is 24.0. The molecule has 0 aliphatic heterocycles. The Morgan fingerprint density at radius 3 is 2.30 bits per heavy atom. The highest BCUT2D eigenvalue weighted by molar-refractivity contribution is 7.92. The molecule has 6 nitrogen and oxygen atoms in total. The van der Waals surface area contributed by atoms with Gasteiger partial charge in [-0.05, 0) is 47.9 Å². The molecule has 1 amide bonds. The highest BCUT2D eigenvalue weighted by Gasteiger charge is 2.29. The van der Waals surface area contributed by atoms with E-state index in [1.54, 1.807) is 12.1 Å². The number of nitrogens with one attached hydrogen (secondary N) is 1. The molecule has 4 rings (SSSR count). The molecule has 33 heavy (non-hydrogen) atoms. The minimum absolute atomic E-state index is 0.0930. The van der Waals surface area contributed by atoms with Crippen molar-refractivity contribution in [3.8, 4) is 5.75 Å². The quantitative estimate of drug-likeness (QED) is 0.425. The van der Waals surface area contributed by atoms with Gasteiger partial charge in [-0.2, -0.15) is 0 Å². The molecule has 0 aliphatic carbocycles. The number of rotatable bonds is 7. The second kappa shape index (κ2) is 9.30. The predicted octanol–water partition coefficient (Wildman–Crippen LogP) is 4.82. The number of nitrogens with zero attached hydrogens (tertiary/aromatic N) is 1. The first-order valence-electron chi connectivity index (χ1n) is 10.1. The van der Waals surface area contributed by atoms with Crippen molar-refractivity contribution in [1.29, 1.82) is 0 Å². The summed E-state index contributed by atoms with van der Waals surface area (Å²) in [6.07, 6.45) is 0. The van der Waals surface area contributed by atoms with Crippen LogP contribution in [0.15, 0.2) is 95.9 Å². The van der Waals surface area contributed by atoms with Gasteiger partial charge in [0.1, 0.15) is 18.1 Å². The van der Waals surface area contributed by atoms with Crippen LogP contribution in [0.25, 0.3) is 10.8 Å². The maximum atomic E-state index is 14.6. The van der Waals surface area contributed by atoms with Crippen molar-refractivity contribution in [3.63, 3.8) is 0 Å². The van der Waals surface area contributed by atoms with E-state index in [4.69, 9.17) is 4.74 Å². The van der Waals surface area contributed by atoms with E-state index in [1.165, 1.54) is 49.6 Å². The third-order valence-corrected chi connectivity index (χ3v) is 6.89. The summed E-state index contributed by atoms with van der Waals surface area (Å²) >= 11 is 0. The second-order valence-electron chi connectivity index (χ2n) is 7.21. The minimum atomic E-state index is -4.25. The Bertz CT molecular complexity index is 1400. The Morgan fingerprint density at radius 2 is 1.58 bits per heavy atom. The number of amides is 1. The highest BCUT2D eigenvalue weighted by atomic mass is 32.2. The molecule has 0 radical (unpaired) electrons. The number of sulfonamides is 1. The van der Waals surface area contributed by atoms with Crippen molar-refractivity contribution in [1.82, 2.24) is 0 Å². The van der Waals surface area contributed by atoms with Gasteiger partial charge in [0.2, 0.25) is 5.91 Å². The van der Waals surface area contributed by atoms with Gasteiger partial charge < -0.3 is 10.1 Å².